The number of fused-ring (bicyclic) bond motifs is 5. The van der Waals surface area contributed by atoms with Crippen LogP contribution in [0.15, 0.2) is 30.3 Å². The molecule has 6 nitrogen and oxygen atoms in total. The maximum atomic E-state index is 13.1. The highest BCUT2D eigenvalue weighted by Crippen LogP contribution is 2.51. The number of piperidine rings is 1. The normalized spacial score (nSPS) is 32.2. The van der Waals surface area contributed by atoms with Crippen LogP contribution in [0.3, 0.4) is 0 Å². The third-order valence-corrected chi connectivity index (χ3v) is 6.92. The van der Waals surface area contributed by atoms with Crippen LogP contribution < -0.4 is 0 Å². The van der Waals surface area contributed by atoms with E-state index in [0.29, 0.717) is 36.5 Å². The third kappa shape index (κ3) is 3.92. The lowest BCUT2D eigenvalue weighted by molar-refractivity contribution is -0.938. The molecule has 3 fully saturated rings. The Balaban J connectivity index is 1.42. The van der Waals surface area contributed by atoms with Crippen molar-refractivity contribution in [1.82, 2.24) is 0 Å². The molecule has 158 valence electrons. The number of hydrogen-bond donors (Lipinski definition) is 0. The summed E-state index contributed by atoms with van der Waals surface area (Å²) in [6.45, 7) is 2.43. The van der Waals surface area contributed by atoms with Crippen LogP contribution in [-0.4, -0.2) is 67.5 Å². The molecule has 0 radical (unpaired) electrons. The Morgan fingerprint density at radius 1 is 1.07 bits per heavy atom. The lowest BCUT2D eigenvalue weighted by Gasteiger charge is -2.45. The number of carbonyl (C=O) groups excluding carboxylic acids is 2. The first-order chi connectivity index (χ1) is 13.9. The van der Waals surface area contributed by atoms with Crippen molar-refractivity contribution in [1.29, 1.82) is 0 Å². The van der Waals surface area contributed by atoms with E-state index in [0.717, 1.165) is 36.6 Å². The van der Waals surface area contributed by atoms with E-state index in [1.54, 1.807) is 12.1 Å². The van der Waals surface area contributed by atoms with Crippen molar-refractivity contribution >= 4 is 11.9 Å². The van der Waals surface area contributed by atoms with Gasteiger partial charge in [0.15, 0.2) is 5.92 Å². The second kappa shape index (κ2) is 8.07. The summed E-state index contributed by atoms with van der Waals surface area (Å²) in [5.74, 6) is -2.04. The molecule has 6 heteroatoms. The number of unbranched alkanes of at least 4 members (excludes halogenated alkanes) is 2. The van der Waals surface area contributed by atoms with Gasteiger partial charge in [0.2, 0.25) is 0 Å². The van der Waals surface area contributed by atoms with Crippen LogP contribution in [0.5, 0.6) is 0 Å². The number of nitrogens with zero attached hydrogens (tertiary/aromatic N) is 1. The number of ether oxygens (including phenoxy) is 3. The third-order valence-electron chi connectivity index (χ3n) is 6.92. The second-order valence-corrected chi connectivity index (χ2v) is 9.08. The van der Waals surface area contributed by atoms with Gasteiger partial charge in [0, 0.05) is 12.8 Å². The smallest absolute Gasteiger partial charge is 0.325 e. The van der Waals surface area contributed by atoms with Gasteiger partial charge in [-0.25, -0.2) is 0 Å². The van der Waals surface area contributed by atoms with E-state index < -0.39 is 17.9 Å². The van der Waals surface area contributed by atoms with Gasteiger partial charge in [0.25, 0.3) is 0 Å². The van der Waals surface area contributed by atoms with Crippen LogP contribution in [-0.2, 0) is 23.8 Å². The van der Waals surface area contributed by atoms with Gasteiger partial charge < -0.3 is 18.7 Å². The number of quaternary nitrogens is 1. The molecule has 0 aromatic heterocycles. The second-order valence-electron chi connectivity index (χ2n) is 9.08. The lowest BCUT2D eigenvalue weighted by atomic mass is 9.95. The van der Waals surface area contributed by atoms with Crippen LogP contribution in [0.4, 0.5) is 0 Å². The zero-order chi connectivity index (χ0) is 20.6. The van der Waals surface area contributed by atoms with Crippen LogP contribution in [0.2, 0.25) is 0 Å². The molecule has 0 spiro atoms. The Morgan fingerprint density at radius 3 is 2.34 bits per heavy atom. The summed E-state index contributed by atoms with van der Waals surface area (Å²) >= 11 is 0. The van der Waals surface area contributed by atoms with Crippen molar-refractivity contribution in [2.75, 3.05) is 20.7 Å². The first-order valence-corrected chi connectivity index (χ1v) is 10.8. The highest BCUT2D eigenvalue weighted by atomic mass is 16.6. The minimum Gasteiger partial charge on any atom is -0.465 e. The molecule has 3 heterocycles. The minimum absolute atomic E-state index is 0.167. The summed E-state index contributed by atoms with van der Waals surface area (Å²) in [5.41, 5.74) is 0.624. The fraction of sp³-hybridized carbons (Fsp3) is 0.652. The van der Waals surface area contributed by atoms with Gasteiger partial charge in [-0.3, -0.25) is 9.59 Å². The fourth-order valence-electron chi connectivity index (χ4n) is 5.16. The largest absolute Gasteiger partial charge is 0.465 e. The van der Waals surface area contributed by atoms with Gasteiger partial charge in [0.1, 0.15) is 30.4 Å². The van der Waals surface area contributed by atoms with Gasteiger partial charge in [-0.05, 0) is 12.0 Å². The van der Waals surface area contributed by atoms with Crippen LogP contribution in [0.25, 0.3) is 0 Å². The fourth-order valence-corrected chi connectivity index (χ4v) is 5.16. The molecule has 3 aliphatic heterocycles. The summed E-state index contributed by atoms with van der Waals surface area (Å²) in [4.78, 5) is 25.8. The summed E-state index contributed by atoms with van der Waals surface area (Å²) in [6.07, 6.45) is 4.84. The lowest BCUT2D eigenvalue weighted by Crippen LogP contribution is -2.60. The van der Waals surface area contributed by atoms with Crippen LogP contribution >= 0.6 is 0 Å². The first kappa shape index (κ1) is 20.4. The predicted octanol–water partition coefficient (Wildman–Crippen LogP) is 2.80. The highest BCUT2D eigenvalue weighted by molar-refractivity contribution is 6.00. The summed E-state index contributed by atoms with van der Waals surface area (Å²) in [6, 6.07) is 9.79. The molecule has 3 saturated heterocycles. The molecule has 1 aromatic rings. The highest BCUT2D eigenvalue weighted by Gasteiger charge is 2.70. The van der Waals surface area contributed by atoms with Crippen molar-refractivity contribution in [3.8, 4) is 0 Å². The van der Waals surface area contributed by atoms with E-state index in [1.165, 1.54) is 0 Å². The SMILES string of the molecule is CCCCCOC(=O)[C@H](C(=O)OC1C[C@@H]2[C@H]3O[C@H]3[C@H](C1)[N+]2(C)C)c1ccccc1. The Labute approximate surface area is 172 Å². The summed E-state index contributed by atoms with van der Waals surface area (Å²) in [7, 11) is 4.48. The molecule has 4 rings (SSSR count). The molecule has 0 amide bonds. The molecule has 29 heavy (non-hydrogen) atoms. The van der Waals surface area contributed by atoms with Crippen LogP contribution in [0, 0.1) is 0 Å². The average Bonchev–Trinajstić information content (AvgIpc) is 3.45. The molecule has 1 unspecified atom stereocenters. The number of epoxide rings is 1. The summed E-state index contributed by atoms with van der Waals surface area (Å²) in [5, 5.41) is 0. The van der Waals surface area contributed by atoms with Crippen molar-refractivity contribution in [3.63, 3.8) is 0 Å². The number of carbonyl (C=O) groups is 2. The Kier molecular flexibility index (Phi) is 5.67. The average molecular weight is 403 g/mol. The molecule has 2 bridgehead atoms. The molecule has 0 saturated carbocycles. The van der Waals surface area contributed by atoms with Crippen molar-refractivity contribution in [2.24, 2.45) is 0 Å². The van der Waals surface area contributed by atoms with E-state index in [-0.39, 0.29) is 6.10 Å². The molecule has 3 aliphatic rings. The maximum Gasteiger partial charge on any atom is 0.325 e. The molecule has 0 aliphatic carbocycles. The predicted molar refractivity (Wildman–Crippen MR) is 107 cm³/mol. The van der Waals surface area contributed by atoms with E-state index in [4.69, 9.17) is 14.2 Å². The maximum absolute atomic E-state index is 13.1. The van der Waals surface area contributed by atoms with E-state index in [9.17, 15) is 9.59 Å². The number of likely N-dealkylation sites (N-methyl/N-ethyl adjacent to an activating group) is 1. The van der Waals surface area contributed by atoms with Gasteiger partial charge in [0.05, 0.1) is 20.7 Å². The monoisotopic (exact) mass is 402 g/mol. The number of hydrogen-bond acceptors (Lipinski definition) is 5. The number of benzene rings is 1. The van der Waals surface area contributed by atoms with E-state index >= 15 is 0 Å². The van der Waals surface area contributed by atoms with Gasteiger partial charge in [-0.2, -0.15) is 0 Å². The molecule has 1 aromatic carbocycles. The van der Waals surface area contributed by atoms with Crippen molar-refractivity contribution < 1.29 is 28.3 Å². The van der Waals surface area contributed by atoms with Crippen molar-refractivity contribution in [2.45, 2.75) is 75.3 Å². The summed E-state index contributed by atoms with van der Waals surface area (Å²) < 4.78 is 18.0. The van der Waals surface area contributed by atoms with Gasteiger partial charge in [-0.1, -0.05) is 50.1 Å². The molecular formula is C23H32NO5+. The number of morpholine rings is 1. The Bertz CT molecular complexity index is 729. The Morgan fingerprint density at radius 2 is 1.72 bits per heavy atom. The molecule has 0 N–H and O–H groups in total. The first-order valence-electron chi connectivity index (χ1n) is 10.8. The van der Waals surface area contributed by atoms with E-state index in [1.807, 2.05) is 18.2 Å². The zero-order valence-electron chi connectivity index (χ0n) is 17.6. The molecule has 6 atom stereocenters. The molecular weight excluding hydrogens is 370 g/mol. The van der Waals surface area contributed by atoms with Crippen LogP contribution in [0.1, 0.15) is 50.5 Å². The van der Waals surface area contributed by atoms with Crippen molar-refractivity contribution in [3.05, 3.63) is 35.9 Å². The number of rotatable bonds is 8. The zero-order valence-corrected chi connectivity index (χ0v) is 17.6. The standard InChI is InChI=1S/C23H32NO5/c1-4-5-9-12-27-22(25)19(15-10-7-6-8-11-15)23(26)28-16-13-17-20-21(29-20)18(14-16)24(17,2)3/h6-8,10-11,16-21H,4-5,9,12-14H2,1-3H3/q+1/t16?,17-,18+,19-,20-,21+/m1/s1. The van der Waals surface area contributed by atoms with Gasteiger partial charge in [-0.15, -0.1) is 0 Å². The quantitative estimate of drug-likeness (QED) is 0.220. The number of esters is 2. The topological polar surface area (TPSA) is 65.1 Å². The minimum atomic E-state index is -1.02. The van der Waals surface area contributed by atoms with E-state index in [2.05, 4.69) is 21.0 Å². The van der Waals surface area contributed by atoms with Gasteiger partial charge >= 0.3 is 11.9 Å². The Hall–Kier alpha value is -1.92.